The lowest BCUT2D eigenvalue weighted by atomic mass is 9.99. The molecule has 5 nitrogen and oxygen atoms in total. The number of hydrogen-bond donors (Lipinski definition) is 2. The molecule has 0 bridgehead atoms. The average Bonchev–Trinajstić information content (AvgIpc) is 2.75. The Labute approximate surface area is 169 Å². The van der Waals surface area contributed by atoms with Gasteiger partial charge in [0.15, 0.2) is 0 Å². The smallest absolute Gasteiger partial charge is 0.252 e. The lowest BCUT2D eigenvalue weighted by Gasteiger charge is -2.18. The molecular formula is C24H22N4O. The van der Waals surface area contributed by atoms with E-state index in [9.17, 15) is 4.79 Å². The maximum Gasteiger partial charge on any atom is 0.252 e. The van der Waals surface area contributed by atoms with E-state index in [2.05, 4.69) is 44.9 Å². The van der Waals surface area contributed by atoms with Crippen molar-refractivity contribution in [3.63, 3.8) is 0 Å². The minimum Gasteiger partial charge on any atom is -0.345 e. The second-order valence-corrected chi connectivity index (χ2v) is 7.01. The summed E-state index contributed by atoms with van der Waals surface area (Å²) in [5.41, 5.74) is 3.44. The highest BCUT2D eigenvalue weighted by molar-refractivity contribution is 5.97. The maximum absolute atomic E-state index is 13.0. The van der Waals surface area contributed by atoms with Crippen molar-refractivity contribution in [3.05, 3.63) is 95.9 Å². The molecule has 0 spiro atoms. The number of rotatable bonds is 5. The fourth-order valence-corrected chi connectivity index (χ4v) is 3.44. The summed E-state index contributed by atoms with van der Waals surface area (Å²) in [6, 6.07) is 20.0. The van der Waals surface area contributed by atoms with Crippen molar-refractivity contribution >= 4 is 28.2 Å². The van der Waals surface area contributed by atoms with Gasteiger partial charge >= 0.3 is 0 Å². The van der Waals surface area contributed by atoms with E-state index in [4.69, 9.17) is 0 Å². The Morgan fingerprint density at radius 3 is 2.66 bits per heavy atom. The fraction of sp³-hybridized carbons (Fsp3) is 0.125. The van der Waals surface area contributed by atoms with Gasteiger partial charge in [-0.15, -0.1) is 0 Å². The number of aryl methyl sites for hydroxylation is 1. The van der Waals surface area contributed by atoms with Gasteiger partial charge in [-0.05, 0) is 47.9 Å². The molecule has 0 radical (unpaired) electrons. The van der Waals surface area contributed by atoms with Crippen LogP contribution in [-0.4, -0.2) is 15.9 Å². The molecule has 0 fully saturated rings. The molecule has 144 valence electrons. The Balaban J connectivity index is 1.57. The largest absolute Gasteiger partial charge is 0.345 e. The van der Waals surface area contributed by atoms with Crippen molar-refractivity contribution in [2.75, 3.05) is 5.32 Å². The summed E-state index contributed by atoms with van der Waals surface area (Å²) in [6.45, 7) is 3.94. The van der Waals surface area contributed by atoms with Crippen molar-refractivity contribution in [1.29, 1.82) is 0 Å². The van der Waals surface area contributed by atoms with Crippen LogP contribution in [0.4, 0.5) is 11.5 Å². The fourth-order valence-electron chi connectivity index (χ4n) is 3.44. The van der Waals surface area contributed by atoms with Crippen molar-refractivity contribution in [3.8, 4) is 0 Å². The minimum atomic E-state index is -0.121. The summed E-state index contributed by atoms with van der Waals surface area (Å²) < 4.78 is 0. The Bertz CT molecular complexity index is 1150. The van der Waals surface area contributed by atoms with Gasteiger partial charge in [0, 0.05) is 23.6 Å². The predicted octanol–water partition coefficient (Wildman–Crippen LogP) is 5.17. The van der Waals surface area contributed by atoms with Crippen molar-refractivity contribution in [1.82, 2.24) is 15.3 Å². The SMILES string of the molecule is Cc1ccc(Nc2cnccn2)cc1C(=O)N[C@H](C)c1cccc2ccccc12. The molecule has 0 aliphatic rings. The highest BCUT2D eigenvalue weighted by atomic mass is 16.1. The van der Waals surface area contributed by atoms with E-state index in [0.29, 0.717) is 11.4 Å². The molecule has 0 aliphatic heterocycles. The molecule has 3 aromatic carbocycles. The molecule has 4 aromatic rings. The standard InChI is InChI=1S/C24H22N4O/c1-16-10-11-19(28-23-15-25-12-13-26-23)14-22(16)24(29)27-17(2)20-9-5-7-18-6-3-4-8-21(18)20/h3-15,17H,1-2H3,(H,26,28)(H,27,29)/t17-/m1/s1. The zero-order valence-corrected chi connectivity index (χ0v) is 16.4. The first-order valence-corrected chi connectivity index (χ1v) is 9.54. The highest BCUT2D eigenvalue weighted by Crippen LogP contribution is 2.25. The number of hydrogen-bond acceptors (Lipinski definition) is 4. The molecule has 1 aromatic heterocycles. The zero-order valence-electron chi connectivity index (χ0n) is 16.4. The van der Waals surface area contributed by atoms with E-state index in [-0.39, 0.29) is 11.9 Å². The number of carbonyl (C=O) groups excluding carboxylic acids is 1. The average molecular weight is 382 g/mol. The van der Waals surface area contributed by atoms with Crippen molar-refractivity contribution in [2.24, 2.45) is 0 Å². The van der Waals surface area contributed by atoms with Crippen LogP contribution in [0.5, 0.6) is 0 Å². The topological polar surface area (TPSA) is 66.9 Å². The van der Waals surface area contributed by atoms with Gasteiger partial charge in [-0.25, -0.2) is 4.98 Å². The predicted molar refractivity (Wildman–Crippen MR) is 116 cm³/mol. The second kappa shape index (κ2) is 8.10. The monoisotopic (exact) mass is 382 g/mol. The van der Waals surface area contributed by atoms with Crippen LogP contribution in [0.2, 0.25) is 0 Å². The number of aromatic nitrogens is 2. The maximum atomic E-state index is 13.0. The van der Waals surface area contributed by atoms with Gasteiger partial charge in [-0.3, -0.25) is 9.78 Å². The number of benzene rings is 3. The van der Waals surface area contributed by atoms with Crippen LogP contribution in [0.15, 0.2) is 79.3 Å². The van der Waals surface area contributed by atoms with Crippen LogP contribution < -0.4 is 10.6 Å². The lowest BCUT2D eigenvalue weighted by molar-refractivity contribution is 0.0939. The van der Waals surface area contributed by atoms with Gasteiger partial charge in [0.1, 0.15) is 5.82 Å². The van der Waals surface area contributed by atoms with Crippen LogP contribution in [0.1, 0.15) is 34.5 Å². The summed E-state index contributed by atoms with van der Waals surface area (Å²) in [5.74, 6) is 0.526. The molecular weight excluding hydrogens is 360 g/mol. The van der Waals surface area contributed by atoms with E-state index in [1.807, 2.05) is 50.2 Å². The molecule has 0 saturated heterocycles. The number of anilines is 2. The third kappa shape index (κ3) is 4.09. The Morgan fingerprint density at radius 1 is 1.00 bits per heavy atom. The Hall–Kier alpha value is -3.73. The molecule has 0 saturated carbocycles. The number of amides is 1. The summed E-state index contributed by atoms with van der Waals surface area (Å²) >= 11 is 0. The van der Waals surface area contributed by atoms with Crippen molar-refractivity contribution in [2.45, 2.75) is 19.9 Å². The zero-order chi connectivity index (χ0) is 20.2. The number of nitrogens with zero attached hydrogens (tertiary/aromatic N) is 2. The number of carbonyl (C=O) groups is 1. The molecule has 1 atom stereocenters. The summed E-state index contributed by atoms with van der Waals surface area (Å²) in [5, 5.41) is 8.64. The first kappa shape index (κ1) is 18.6. The minimum absolute atomic E-state index is 0.106. The summed E-state index contributed by atoms with van der Waals surface area (Å²) in [7, 11) is 0. The van der Waals surface area contributed by atoms with Gasteiger partial charge in [-0.2, -0.15) is 0 Å². The first-order chi connectivity index (χ1) is 14.1. The quantitative estimate of drug-likeness (QED) is 0.499. The Kier molecular flexibility index (Phi) is 5.20. The van der Waals surface area contributed by atoms with Gasteiger partial charge in [0.25, 0.3) is 5.91 Å². The van der Waals surface area contributed by atoms with Crippen LogP contribution in [0, 0.1) is 6.92 Å². The van der Waals surface area contributed by atoms with Gasteiger partial charge in [0.2, 0.25) is 0 Å². The molecule has 4 rings (SSSR count). The lowest BCUT2D eigenvalue weighted by Crippen LogP contribution is -2.27. The van der Waals surface area contributed by atoms with E-state index >= 15 is 0 Å². The summed E-state index contributed by atoms with van der Waals surface area (Å²) in [4.78, 5) is 21.3. The third-order valence-electron chi connectivity index (χ3n) is 4.96. The van der Waals surface area contributed by atoms with E-state index in [1.165, 1.54) is 0 Å². The van der Waals surface area contributed by atoms with Crippen LogP contribution in [-0.2, 0) is 0 Å². The van der Waals surface area contributed by atoms with Crippen LogP contribution in [0.3, 0.4) is 0 Å². The molecule has 0 unspecified atom stereocenters. The van der Waals surface area contributed by atoms with Crippen molar-refractivity contribution < 1.29 is 4.79 Å². The van der Waals surface area contributed by atoms with Crippen LogP contribution >= 0.6 is 0 Å². The van der Waals surface area contributed by atoms with E-state index in [1.54, 1.807) is 18.6 Å². The molecule has 2 N–H and O–H groups in total. The molecule has 5 heteroatoms. The Morgan fingerprint density at radius 2 is 1.83 bits per heavy atom. The normalized spacial score (nSPS) is 11.8. The number of fused-ring (bicyclic) bond motifs is 1. The number of nitrogens with one attached hydrogen (secondary N) is 2. The second-order valence-electron chi connectivity index (χ2n) is 7.01. The molecule has 1 heterocycles. The first-order valence-electron chi connectivity index (χ1n) is 9.54. The third-order valence-corrected chi connectivity index (χ3v) is 4.96. The highest BCUT2D eigenvalue weighted by Gasteiger charge is 2.16. The molecule has 29 heavy (non-hydrogen) atoms. The van der Waals surface area contributed by atoms with Gasteiger partial charge in [0.05, 0.1) is 12.2 Å². The van der Waals surface area contributed by atoms with Gasteiger partial charge < -0.3 is 10.6 Å². The van der Waals surface area contributed by atoms with E-state index in [0.717, 1.165) is 27.6 Å². The summed E-state index contributed by atoms with van der Waals surface area (Å²) in [6.07, 6.45) is 4.88. The molecule has 0 aliphatic carbocycles. The van der Waals surface area contributed by atoms with E-state index < -0.39 is 0 Å². The van der Waals surface area contributed by atoms with Gasteiger partial charge in [-0.1, -0.05) is 48.5 Å². The van der Waals surface area contributed by atoms with Crippen LogP contribution in [0.25, 0.3) is 10.8 Å². The molecule has 1 amide bonds.